The summed E-state index contributed by atoms with van der Waals surface area (Å²) in [5.41, 5.74) is 4.17. The molecule has 2 aliphatic carbocycles. The van der Waals surface area contributed by atoms with Gasteiger partial charge in [0.05, 0.1) is 12.3 Å². The minimum absolute atomic E-state index is 0.163. The Morgan fingerprint density at radius 3 is 2.85 bits per heavy atom. The van der Waals surface area contributed by atoms with E-state index in [9.17, 15) is 4.79 Å². The predicted octanol–water partition coefficient (Wildman–Crippen LogP) is 2.97. The van der Waals surface area contributed by atoms with E-state index in [1.807, 2.05) is 30.3 Å². The van der Waals surface area contributed by atoms with E-state index in [0.717, 1.165) is 40.5 Å². The number of aryl methyl sites for hydroxylation is 1. The quantitative estimate of drug-likeness (QED) is 0.881. The van der Waals surface area contributed by atoms with Crippen LogP contribution >= 0.6 is 11.8 Å². The molecule has 0 radical (unpaired) electrons. The zero-order chi connectivity index (χ0) is 13.9. The number of nitrogens with one attached hydrogen (secondary N) is 1. The lowest BCUT2D eigenvalue weighted by molar-refractivity contribution is 0.102. The van der Waals surface area contributed by atoms with Gasteiger partial charge in [-0.05, 0) is 29.7 Å². The summed E-state index contributed by atoms with van der Waals surface area (Å²) in [5, 5.41) is 4.06. The number of hydrogen-bond acceptors (Lipinski definition) is 4. The second kappa shape index (κ2) is 5.67. The van der Waals surface area contributed by atoms with Gasteiger partial charge in [-0.3, -0.25) is 9.79 Å². The van der Waals surface area contributed by atoms with Crippen LogP contribution in [-0.2, 0) is 0 Å². The van der Waals surface area contributed by atoms with Crippen molar-refractivity contribution in [1.29, 1.82) is 0 Å². The SMILES string of the molecule is Cc1cc(C(=O)CSC2=NCCN2)c2cccccc1-2. The van der Waals surface area contributed by atoms with Crippen molar-refractivity contribution < 1.29 is 4.79 Å². The molecule has 0 aromatic rings. The molecule has 3 aliphatic rings. The first kappa shape index (κ1) is 13.2. The summed E-state index contributed by atoms with van der Waals surface area (Å²) in [5.74, 6) is 0.596. The van der Waals surface area contributed by atoms with Gasteiger partial charge in [-0.15, -0.1) is 0 Å². The van der Waals surface area contributed by atoms with Crippen molar-refractivity contribution in [2.45, 2.75) is 6.92 Å². The van der Waals surface area contributed by atoms with Crippen LogP contribution < -0.4 is 5.32 Å². The second-order valence-corrected chi connectivity index (χ2v) is 5.77. The molecular formula is C16H16N2OS. The van der Waals surface area contributed by atoms with Gasteiger partial charge in [0.1, 0.15) is 0 Å². The number of amidine groups is 1. The molecule has 0 unspecified atom stereocenters. The zero-order valence-electron chi connectivity index (χ0n) is 11.3. The molecule has 0 saturated heterocycles. The maximum Gasteiger partial charge on any atom is 0.173 e. The van der Waals surface area contributed by atoms with E-state index in [0.29, 0.717) is 5.75 Å². The standard InChI is InChI=1S/C16H16N2OS/c1-11-9-14(13-6-4-2-3-5-12(11)13)15(19)10-20-16-17-7-8-18-16/h2-6,9H,7-8,10H2,1H3,(H,17,18). The topological polar surface area (TPSA) is 41.5 Å². The van der Waals surface area contributed by atoms with Crippen molar-refractivity contribution in [2.24, 2.45) is 4.99 Å². The number of carbonyl (C=O) groups is 1. The Labute approximate surface area is 122 Å². The maximum absolute atomic E-state index is 12.4. The van der Waals surface area contributed by atoms with Crippen molar-refractivity contribution in [3.63, 3.8) is 0 Å². The highest BCUT2D eigenvalue weighted by atomic mass is 32.2. The van der Waals surface area contributed by atoms with E-state index in [1.54, 1.807) is 0 Å². The Bertz CT molecular complexity index is 651. The van der Waals surface area contributed by atoms with Crippen LogP contribution in [-0.4, -0.2) is 29.8 Å². The second-order valence-electron chi connectivity index (χ2n) is 4.80. The molecule has 0 spiro atoms. The summed E-state index contributed by atoms with van der Waals surface area (Å²) in [6.45, 7) is 3.74. The van der Waals surface area contributed by atoms with Crippen molar-refractivity contribution >= 4 is 22.7 Å². The highest BCUT2D eigenvalue weighted by Gasteiger charge is 2.18. The van der Waals surface area contributed by atoms with Gasteiger partial charge in [-0.2, -0.15) is 0 Å². The van der Waals surface area contributed by atoms with E-state index in [1.165, 1.54) is 11.8 Å². The van der Waals surface area contributed by atoms with E-state index in [2.05, 4.69) is 23.3 Å². The van der Waals surface area contributed by atoms with Crippen LogP contribution in [0.5, 0.6) is 0 Å². The molecule has 1 aliphatic heterocycles. The van der Waals surface area contributed by atoms with Crippen LogP contribution in [0, 0.1) is 6.92 Å². The number of carbonyl (C=O) groups excluding carboxylic acids is 1. The van der Waals surface area contributed by atoms with Gasteiger partial charge in [0.25, 0.3) is 0 Å². The lowest BCUT2D eigenvalue weighted by atomic mass is 10.1. The van der Waals surface area contributed by atoms with E-state index >= 15 is 0 Å². The van der Waals surface area contributed by atoms with E-state index in [4.69, 9.17) is 0 Å². The Balaban J connectivity index is 1.82. The third kappa shape index (κ3) is 2.56. The first-order valence-corrected chi connectivity index (χ1v) is 7.67. The molecular weight excluding hydrogens is 268 g/mol. The van der Waals surface area contributed by atoms with Crippen LogP contribution in [0.15, 0.2) is 41.4 Å². The molecule has 3 rings (SSSR count). The number of ketones is 1. The van der Waals surface area contributed by atoms with Crippen LogP contribution in [0.4, 0.5) is 0 Å². The molecule has 1 N–H and O–H groups in total. The first-order valence-electron chi connectivity index (χ1n) is 6.68. The van der Waals surface area contributed by atoms with Gasteiger partial charge < -0.3 is 5.32 Å². The maximum atomic E-state index is 12.4. The normalized spacial score (nSPS) is 14.2. The first-order chi connectivity index (χ1) is 9.75. The van der Waals surface area contributed by atoms with Crippen molar-refractivity contribution in [3.8, 4) is 11.1 Å². The Hall–Kier alpha value is -1.81. The van der Waals surface area contributed by atoms with Gasteiger partial charge in [0.15, 0.2) is 11.0 Å². The number of fused-ring (bicyclic) bond motifs is 1. The largest absolute Gasteiger partial charge is 0.363 e. The van der Waals surface area contributed by atoms with Gasteiger partial charge in [-0.1, -0.05) is 42.1 Å². The number of hydrogen-bond donors (Lipinski definition) is 1. The fourth-order valence-corrected chi connectivity index (χ4v) is 3.22. The third-order valence-electron chi connectivity index (χ3n) is 3.40. The molecule has 4 heteroatoms. The molecule has 0 aromatic heterocycles. The van der Waals surface area contributed by atoms with Gasteiger partial charge >= 0.3 is 0 Å². The smallest absolute Gasteiger partial charge is 0.173 e. The summed E-state index contributed by atoms with van der Waals surface area (Å²) in [7, 11) is 0. The number of aliphatic imine (C=N–C) groups is 1. The number of rotatable bonds is 3. The molecule has 0 aromatic carbocycles. The van der Waals surface area contributed by atoms with Gasteiger partial charge in [0, 0.05) is 12.1 Å². The predicted molar refractivity (Wildman–Crippen MR) is 84.9 cm³/mol. The summed E-state index contributed by atoms with van der Waals surface area (Å²) < 4.78 is 0. The Kier molecular flexibility index (Phi) is 3.74. The third-order valence-corrected chi connectivity index (χ3v) is 4.35. The highest BCUT2D eigenvalue weighted by Crippen LogP contribution is 2.32. The summed E-state index contributed by atoms with van der Waals surface area (Å²) in [6, 6.07) is 12.1. The van der Waals surface area contributed by atoms with Gasteiger partial charge in [0.2, 0.25) is 0 Å². The monoisotopic (exact) mass is 284 g/mol. The molecule has 0 bridgehead atoms. The van der Waals surface area contributed by atoms with Crippen LogP contribution in [0.3, 0.4) is 0 Å². The average molecular weight is 284 g/mol. The van der Waals surface area contributed by atoms with Gasteiger partial charge in [-0.25, -0.2) is 0 Å². The van der Waals surface area contributed by atoms with Crippen LogP contribution in [0.2, 0.25) is 0 Å². The molecule has 102 valence electrons. The number of Topliss-reactive ketones (excluding diaryl/α,β-unsaturated/α-hetero) is 1. The van der Waals surface area contributed by atoms with E-state index in [-0.39, 0.29) is 5.78 Å². The minimum Gasteiger partial charge on any atom is -0.363 e. The highest BCUT2D eigenvalue weighted by molar-refractivity contribution is 8.14. The summed E-state index contributed by atoms with van der Waals surface area (Å²) in [4.78, 5) is 16.7. The lowest BCUT2D eigenvalue weighted by Crippen LogP contribution is -2.17. The van der Waals surface area contributed by atoms with Crippen molar-refractivity contribution in [3.05, 3.63) is 47.5 Å². The summed E-state index contributed by atoms with van der Waals surface area (Å²) in [6.07, 6.45) is 0. The zero-order valence-corrected chi connectivity index (χ0v) is 12.2. The average Bonchev–Trinajstić information content (AvgIpc) is 2.98. The minimum atomic E-state index is 0.163. The van der Waals surface area contributed by atoms with E-state index < -0.39 is 0 Å². The fourth-order valence-electron chi connectivity index (χ4n) is 2.41. The molecule has 1 heterocycles. The molecule has 20 heavy (non-hydrogen) atoms. The molecule has 3 nitrogen and oxygen atoms in total. The fraction of sp³-hybridized carbons (Fsp3) is 0.250. The lowest BCUT2D eigenvalue weighted by Gasteiger charge is -2.02. The Morgan fingerprint density at radius 2 is 2.10 bits per heavy atom. The molecule has 0 amide bonds. The molecule has 0 fully saturated rings. The molecule has 0 saturated carbocycles. The van der Waals surface area contributed by atoms with Crippen molar-refractivity contribution in [1.82, 2.24) is 5.32 Å². The molecule has 0 atom stereocenters. The summed E-state index contributed by atoms with van der Waals surface area (Å²) >= 11 is 1.49. The van der Waals surface area contributed by atoms with Crippen LogP contribution in [0.25, 0.3) is 11.1 Å². The number of nitrogens with zero attached hydrogens (tertiary/aromatic N) is 1. The Morgan fingerprint density at radius 1 is 1.30 bits per heavy atom. The van der Waals surface area contributed by atoms with Crippen molar-refractivity contribution in [2.75, 3.05) is 18.8 Å². The number of thioether (sulfide) groups is 1. The van der Waals surface area contributed by atoms with Crippen LogP contribution in [0.1, 0.15) is 15.9 Å².